The predicted octanol–water partition coefficient (Wildman–Crippen LogP) is 4.32. The van der Waals surface area contributed by atoms with E-state index in [0.717, 1.165) is 33.6 Å². The SMILES string of the molecule is CCc1ccc(-c2nc(CSc3nnc(CCC(N)=O)n3Cc3ccco3)cs2)cc1. The van der Waals surface area contributed by atoms with E-state index in [4.69, 9.17) is 15.1 Å². The lowest BCUT2D eigenvalue weighted by atomic mass is 10.1. The van der Waals surface area contributed by atoms with Crippen LogP contribution in [0.4, 0.5) is 0 Å². The fourth-order valence-corrected chi connectivity index (χ4v) is 4.87. The number of primary amides is 1. The molecule has 0 unspecified atom stereocenters. The van der Waals surface area contributed by atoms with Gasteiger partial charge in [-0.05, 0) is 24.1 Å². The number of rotatable bonds is 10. The highest BCUT2D eigenvalue weighted by Crippen LogP contribution is 2.28. The number of amides is 1. The van der Waals surface area contributed by atoms with Gasteiger partial charge in [0.1, 0.15) is 16.6 Å². The van der Waals surface area contributed by atoms with Crippen molar-refractivity contribution < 1.29 is 9.21 Å². The normalized spacial score (nSPS) is 11.1. The van der Waals surface area contributed by atoms with E-state index in [9.17, 15) is 4.79 Å². The highest BCUT2D eigenvalue weighted by Gasteiger charge is 2.16. The molecule has 9 heteroatoms. The van der Waals surface area contributed by atoms with Gasteiger partial charge in [0.25, 0.3) is 0 Å². The van der Waals surface area contributed by atoms with Crippen LogP contribution in [0.1, 0.15) is 36.2 Å². The number of benzene rings is 1. The third-order valence-electron chi connectivity index (χ3n) is 4.79. The molecule has 0 saturated heterocycles. The molecule has 3 aromatic heterocycles. The zero-order valence-corrected chi connectivity index (χ0v) is 18.8. The summed E-state index contributed by atoms with van der Waals surface area (Å²) < 4.78 is 7.46. The van der Waals surface area contributed by atoms with Gasteiger partial charge in [0.05, 0.1) is 18.5 Å². The number of furan rings is 1. The molecule has 4 aromatic rings. The number of nitrogens with zero attached hydrogens (tertiary/aromatic N) is 4. The zero-order valence-electron chi connectivity index (χ0n) is 17.2. The van der Waals surface area contributed by atoms with Crippen LogP contribution in [0.25, 0.3) is 10.6 Å². The van der Waals surface area contributed by atoms with Crippen molar-refractivity contribution in [2.75, 3.05) is 0 Å². The third-order valence-corrected chi connectivity index (χ3v) is 6.73. The standard InChI is InChI=1S/C22H23N5O2S2/c1-2-15-5-7-16(8-6-15)21-24-17(13-30-21)14-31-22-26-25-20(10-9-19(23)28)27(22)12-18-4-3-11-29-18/h3-8,11,13H,2,9-10,12,14H2,1H3,(H2,23,28). The van der Waals surface area contributed by atoms with E-state index < -0.39 is 0 Å². The van der Waals surface area contributed by atoms with Crippen molar-refractivity contribution in [3.8, 4) is 10.6 Å². The summed E-state index contributed by atoms with van der Waals surface area (Å²) in [6.45, 7) is 2.65. The number of hydrogen-bond donors (Lipinski definition) is 1. The molecular formula is C22H23N5O2S2. The summed E-state index contributed by atoms with van der Waals surface area (Å²) in [4.78, 5) is 16.0. The van der Waals surface area contributed by atoms with E-state index >= 15 is 0 Å². The second-order valence-corrected chi connectivity index (χ2v) is 8.81. The molecule has 0 saturated carbocycles. The maximum absolute atomic E-state index is 11.2. The Labute approximate surface area is 188 Å². The van der Waals surface area contributed by atoms with Gasteiger partial charge in [-0.2, -0.15) is 0 Å². The topological polar surface area (TPSA) is 99.8 Å². The molecule has 2 N–H and O–H groups in total. The van der Waals surface area contributed by atoms with Crippen LogP contribution < -0.4 is 5.73 Å². The number of thiazole rings is 1. The highest BCUT2D eigenvalue weighted by molar-refractivity contribution is 7.98. The Morgan fingerprint density at radius 2 is 2.06 bits per heavy atom. The van der Waals surface area contributed by atoms with Crippen LogP contribution in [-0.2, 0) is 29.9 Å². The monoisotopic (exact) mass is 453 g/mol. The molecular weight excluding hydrogens is 430 g/mol. The second kappa shape index (κ2) is 9.93. The van der Waals surface area contributed by atoms with Gasteiger partial charge in [0, 0.05) is 29.5 Å². The van der Waals surface area contributed by atoms with Crippen molar-refractivity contribution in [3.63, 3.8) is 0 Å². The lowest BCUT2D eigenvalue weighted by Gasteiger charge is -2.08. The summed E-state index contributed by atoms with van der Waals surface area (Å²) >= 11 is 3.21. The molecule has 1 aromatic carbocycles. The molecule has 0 aliphatic rings. The van der Waals surface area contributed by atoms with Crippen LogP contribution in [-0.4, -0.2) is 25.7 Å². The summed E-state index contributed by atoms with van der Waals surface area (Å²) in [6.07, 6.45) is 3.34. The van der Waals surface area contributed by atoms with E-state index in [1.807, 2.05) is 16.7 Å². The average molecular weight is 454 g/mol. The van der Waals surface area contributed by atoms with E-state index in [0.29, 0.717) is 24.5 Å². The number of nitrogens with two attached hydrogens (primary N) is 1. The van der Waals surface area contributed by atoms with Gasteiger partial charge in [0.2, 0.25) is 5.91 Å². The number of carbonyl (C=O) groups excluding carboxylic acids is 1. The van der Waals surface area contributed by atoms with Gasteiger partial charge in [-0.25, -0.2) is 4.98 Å². The van der Waals surface area contributed by atoms with Crippen LogP contribution in [0.5, 0.6) is 0 Å². The van der Waals surface area contributed by atoms with Gasteiger partial charge in [-0.15, -0.1) is 21.5 Å². The van der Waals surface area contributed by atoms with Crippen LogP contribution in [0.3, 0.4) is 0 Å². The maximum atomic E-state index is 11.2. The first-order chi connectivity index (χ1) is 15.1. The third kappa shape index (κ3) is 5.42. The van der Waals surface area contributed by atoms with E-state index in [1.54, 1.807) is 29.4 Å². The number of carbonyl (C=O) groups is 1. The smallest absolute Gasteiger partial charge is 0.217 e. The zero-order chi connectivity index (χ0) is 21.6. The quantitative estimate of drug-likeness (QED) is 0.359. The number of aromatic nitrogens is 4. The Kier molecular flexibility index (Phi) is 6.83. The predicted molar refractivity (Wildman–Crippen MR) is 122 cm³/mol. The largest absolute Gasteiger partial charge is 0.467 e. The van der Waals surface area contributed by atoms with Crippen molar-refractivity contribution in [1.82, 2.24) is 19.7 Å². The summed E-state index contributed by atoms with van der Waals surface area (Å²) in [5.41, 5.74) is 8.75. The first-order valence-electron chi connectivity index (χ1n) is 10.0. The highest BCUT2D eigenvalue weighted by atomic mass is 32.2. The van der Waals surface area contributed by atoms with Crippen LogP contribution >= 0.6 is 23.1 Å². The Hall–Kier alpha value is -2.91. The molecule has 1 amide bonds. The molecule has 31 heavy (non-hydrogen) atoms. The van der Waals surface area contributed by atoms with Gasteiger partial charge >= 0.3 is 0 Å². The van der Waals surface area contributed by atoms with Crippen LogP contribution in [0.2, 0.25) is 0 Å². The minimum absolute atomic E-state index is 0.229. The summed E-state index contributed by atoms with van der Waals surface area (Å²) in [5, 5.41) is 12.5. The Morgan fingerprint density at radius 1 is 1.23 bits per heavy atom. The molecule has 0 spiro atoms. The minimum atomic E-state index is -0.358. The molecule has 160 valence electrons. The van der Waals surface area contributed by atoms with E-state index in [-0.39, 0.29) is 12.3 Å². The van der Waals surface area contributed by atoms with Crippen molar-refractivity contribution in [1.29, 1.82) is 0 Å². The molecule has 3 heterocycles. The molecule has 0 atom stereocenters. The minimum Gasteiger partial charge on any atom is -0.467 e. The van der Waals surface area contributed by atoms with Gasteiger partial charge in [0.15, 0.2) is 5.16 Å². The van der Waals surface area contributed by atoms with Gasteiger partial charge in [-0.3, -0.25) is 9.36 Å². The summed E-state index contributed by atoms with van der Waals surface area (Å²) in [6, 6.07) is 12.3. The molecule has 0 radical (unpaired) electrons. The van der Waals surface area contributed by atoms with Gasteiger partial charge < -0.3 is 10.2 Å². The Bertz CT molecular complexity index is 1130. The van der Waals surface area contributed by atoms with E-state index in [1.165, 1.54) is 5.56 Å². The van der Waals surface area contributed by atoms with Crippen LogP contribution in [0, 0.1) is 0 Å². The first kappa shape index (κ1) is 21.3. The van der Waals surface area contributed by atoms with E-state index in [2.05, 4.69) is 46.8 Å². The fourth-order valence-electron chi connectivity index (χ4n) is 3.09. The lowest BCUT2D eigenvalue weighted by Crippen LogP contribution is -2.14. The average Bonchev–Trinajstić information content (AvgIpc) is 3.53. The van der Waals surface area contributed by atoms with Crippen LogP contribution in [0.15, 0.2) is 57.6 Å². The maximum Gasteiger partial charge on any atom is 0.217 e. The number of thioether (sulfide) groups is 1. The molecule has 0 bridgehead atoms. The van der Waals surface area contributed by atoms with Crippen molar-refractivity contribution in [3.05, 3.63) is 70.9 Å². The second-order valence-electron chi connectivity index (χ2n) is 7.01. The molecule has 4 rings (SSSR count). The summed E-state index contributed by atoms with van der Waals surface area (Å²) in [5.74, 6) is 1.83. The lowest BCUT2D eigenvalue weighted by molar-refractivity contribution is -0.118. The Morgan fingerprint density at radius 3 is 2.77 bits per heavy atom. The fraction of sp³-hybridized carbons (Fsp3) is 0.273. The molecule has 0 fully saturated rings. The molecule has 0 aliphatic carbocycles. The molecule has 0 aliphatic heterocycles. The van der Waals surface area contributed by atoms with Crippen molar-refractivity contribution in [2.45, 2.75) is 43.6 Å². The Balaban J connectivity index is 1.47. The van der Waals surface area contributed by atoms with Crippen molar-refractivity contribution >= 4 is 29.0 Å². The number of aryl methyl sites for hydroxylation is 2. The number of hydrogen-bond acceptors (Lipinski definition) is 7. The van der Waals surface area contributed by atoms with Gasteiger partial charge in [-0.1, -0.05) is 43.0 Å². The first-order valence-corrected chi connectivity index (χ1v) is 11.9. The molecule has 7 nitrogen and oxygen atoms in total. The van der Waals surface area contributed by atoms with Crippen molar-refractivity contribution in [2.24, 2.45) is 5.73 Å². The summed E-state index contributed by atoms with van der Waals surface area (Å²) in [7, 11) is 0.